The molecule has 3 aromatic rings. The van der Waals surface area contributed by atoms with E-state index in [0.717, 1.165) is 61.8 Å². The van der Waals surface area contributed by atoms with Crippen molar-refractivity contribution in [2.75, 3.05) is 19.6 Å². The summed E-state index contributed by atoms with van der Waals surface area (Å²) in [6.07, 6.45) is 10.9. The Labute approximate surface area is 246 Å². The van der Waals surface area contributed by atoms with Gasteiger partial charge in [-0.1, -0.05) is 86.9 Å². The van der Waals surface area contributed by atoms with Gasteiger partial charge < -0.3 is 0 Å². The normalized spacial score (nSPS) is 17.7. The van der Waals surface area contributed by atoms with Gasteiger partial charge in [0.05, 0.1) is 21.2 Å². The lowest BCUT2D eigenvalue weighted by Gasteiger charge is -2.25. The number of carbonyl (C=O) groups is 1. The summed E-state index contributed by atoms with van der Waals surface area (Å²) >= 11 is 6.86. The summed E-state index contributed by atoms with van der Waals surface area (Å²) in [5, 5.41) is 4.85. The van der Waals surface area contributed by atoms with Crippen LogP contribution in [0.25, 0.3) is 23.0 Å². The summed E-state index contributed by atoms with van der Waals surface area (Å²) < 4.78 is 30.3. The minimum Gasteiger partial charge on any atom is -0.293 e. The second kappa shape index (κ2) is 12.8. The van der Waals surface area contributed by atoms with Gasteiger partial charge in [0.25, 0.3) is 5.91 Å². The number of hydrogen-bond donors (Lipinski definition) is 0. The van der Waals surface area contributed by atoms with Gasteiger partial charge in [0.2, 0.25) is 10.0 Å². The van der Waals surface area contributed by atoms with Crippen LogP contribution in [0, 0.1) is 0 Å². The van der Waals surface area contributed by atoms with E-state index in [4.69, 9.17) is 17.3 Å². The van der Waals surface area contributed by atoms with Gasteiger partial charge in [-0.25, -0.2) is 13.1 Å². The summed E-state index contributed by atoms with van der Waals surface area (Å²) in [4.78, 5) is 15.8. The summed E-state index contributed by atoms with van der Waals surface area (Å²) in [6, 6.07) is 16.7. The topological polar surface area (TPSA) is 75.5 Å². The maximum Gasteiger partial charge on any atom is 0.266 e. The average molecular weight is 595 g/mol. The summed E-state index contributed by atoms with van der Waals surface area (Å²) in [5.41, 5.74) is 3.09. The number of hydrogen-bond acceptors (Lipinski definition) is 6. The third kappa shape index (κ3) is 6.25. The first-order valence-electron chi connectivity index (χ1n) is 13.9. The van der Waals surface area contributed by atoms with Crippen molar-refractivity contribution in [1.82, 2.24) is 19.0 Å². The van der Waals surface area contributed by atoms with Crippen LogP contribution in [0.15, 0.2) is 70.6 Å². The van der Waals surface area contributed by atoms with Crippen molar-refractivity contribution in [2.45, 2.75) is 56.8 Å². The molecular weight excluding hydrogens is 561 g/mol. The number of carbonyl (C=O) groups excluding carboxylic acids is 1. The molecule has 210 valence electrons. The number of piperidine rings is 1. The lowest BCUT2D eigenvalue weighted by molar-refractivity contribution is -0.122. The monoisotopic (exact) mass is 594 g/mol. The Hall–Kier alpha value is -2.79. The molecule has 1 aromatic heterocycles. The molecule has 2 fully saturated rings. The van der Waals surface area contributed by atoms with Gasteiger partial charge in [0.1, 0.15) is 4.32 Å². The third-order valence-corrected chi connectivity index (χ3v) is 10.5. The molecule has 5 rings (SSSR count). The molecule has 40 heavy (non-hydrogen) atoms. The zero-order chi connectivity index (χ0) is 28.1. The van der Waals surface area contributed by atoms with E-state index >= 15 is 0 Å². The van der Waals surface area contributed by atoms with Crippen molar-refractivity contribution in [3.05, 3.63) is 71.3 Å². The quantitative estimate of drug-likeness (QED) is 0.152. The Bertz CT molecular complexity index is 1490. The maximum absolute atomic E-state index is 13.3. The number of sulfonamides is 1. The van der Waals surface area contributed by atoms with E-state index in [2.05, 4.69) is 6.92 Å². The summed E-state index contributed by atoms with van der Waals surface area (Å²) in [7, 11) is -3.53. The van der Waals surface area contributed by atoms with Crippen LogP contribution >= 0.6 is 24.0 Å². The van der Waals surface area contributed by atoms with E-state index in [1.807, 2.05) is 42.6 Å². The second-order valence-electron chi connectivity index (χ2n) is 10.1. The van der Waals surface area contributed by atoms with E-state index in [1.165, 1.54) is 11.8 Å². The molecule has 3 heterocycles. The highest BCUT2D eigenvalue weighted by Crippen LogP contribution is 2.35. The third-order valence-electron chi connectivity index (χ3n) is 7.24. The van der Waals surface area contributed by atoms with Gasteiger partial charge in [-0.05, 0) is 49.6 Å². The smallest absolute Gasteiger partial charge is 0.266 e. The number of nitrogens with zero attached hydrogens (tertiary/aromatic N) is 4. The molecule has 7 nitrogen and oxygen atoms in total. The number of benzene rings is 2. The molecule has 2 saturated heterocycles. The molecular formula is C30H34N4O3S3. The fourth-order valence-electron chi connectivity index (χ4n) is 5.00. The molecule has 2 aliphatic heterocycles. The number of thioether (sulfide) groups is 1. The fourth-order valence-corrected chi connectivity index (χ4v) is 7.82. The van der Waals surface area contributed by atoms with E-state index < -0.39 is 10.0 Å². The van der Waals surface area contributed by atoms with Crippen LogP contribution in [0.5, 0.6) is 0 Å². The van der Waals surface area contributed by atoms with Crippen molar-refractivity contribution in [3.63, 3.8) is 0 Å². The first-order valence-corrected chi connectivity index (χ1v) is 16.6. The van der Waals surface area contributed by atoms with E-state index in [9.17, 15) is 13.2 Å². The number of rotatable bonds is 10. The lowest BCUT2D eigenvalue weighted by Crippen LogP contribution is -2.35. The Morgan fingerprint density at radius 2 is 1.70 bits per heavy atom. The average Bonchev–Trinajstić information content (AvgIpc) is 3.52. The van der Waals surface area contributed by atoms with Gasteiger partial charge >= 0.3 is 0 Å². The molecule has 1 amide bonds. The van der Waals surface area contributed by atoms with Crippen LogP contribution in [0.4, 0.5) is 0 Å². The molecule has 0 unspecified atom stereocenters. The molecule has 0 aliphatic carbocycles. The minimum absolute atomic E-state index is 0.0760. The SMILES string of the molecule is CCCCCCN1C(=O)/C(=C\c2cn(-c3ccccc3)nc2-c2ccc(S(=O)(=O)N3CCCCC3)cc2)SC1=S. The first-order chi connectivity index (χ1) is 19.4. The van der Waals surface area contributed by atoms with Crippen LogP contribution in [0.2, 0.25) is 0 Å². The maximum atomic E-state index is 13.3. The molecule has 10 heteroatoms. The zero-order valence-corrected chi connectivity index (χ0v) is 25.1. The molecule has 0 N–H and O–H groups in total. The van der Waals surface area contributed by atoms with Gasteiger partial charge in [-0.15, -0.1) is 0 Å². The van der Waals surface area contributed by atoms with Crippen molar-refractivity contribution < 1.29 is 13.2 Å². The second-order valence-corrected chi connectivity index (χ2v) is 13.7. The molecule has 0 bridgehead atoms. The summed E-state index contributed by atoms with van der Waals surface area (Å²) in [5.74, 6) is -0.0760. The van der Waals surface area contributed by atoms with E-state index in [0.29, 0.717) is 34.6 Å². The zero-order valence-electron chi connectivity index (χ0n) is 22.7. The molecule has 0 radical (unpaired) electrons. The minimum atomic E-state index is -3.53. The standard InChI is InChI=1S/C30H34N4O3S3/c1-2-3-4-11-20-33-29(35)27(39-30(33)38)21-24-22-34(25-12-7-5-8-13-25)31-28(24)23-14-16-26(17-15-23)40(36,37)32-18-9-6-10-19-32/h5,7-8,12-17,21-22H,2-4,6,9-11,18-20H2,1H3/b27-21+. The van der Waals surface area contributed by atoms with Crippen LogP contribution < -0.4 is 0 Å². The van der Waals surface area contributed by atoms with Crippen LogP contribution in [0.3, 0.4) is 0 Å². The summed E-state index contributed by atoms with van der Waals surface area (Å²) in [6.45, 7) is 3.92. The van der Waals surface area contributed by atoms with Crippen LogP contribution in [-0.4, -0.2) is 57.3 Å². The Balaban J connectivity index is 1.46. The fraction of sp³-hybridized carbons (Fsp3) is 0.367. The molecule has 2 aromatic carbocycles. The van der Waals surface area contributed by atoms with E-state index in [1.54, 1.807) is 38.2 Å². The Morgan fingerprint density at radius 3 is 2.40 bits per heavy atom. The van der Waals surface area contributed by atoms with Gasteiger partial charge in [-0.3, -0.25) is 9.69 Å². The molecule has 0 atom stereocenters. The van der Waals surface area contributed by atoms with Crippen molar-refractivity contribution >= 4 is 50.3 Å². The van der Waals surface area contributed by atoms with Crippen molar-refractivity contribution in [1.29, 1.82) is 0 Å². The predicted molar refractivity (Wildman–Crippen MR) is 166 cm³/mol. The Morgan fingerprint density at radius 1 is 0.975 bits per heavy atom. The lowest BCUT2D eigenvalue weighted by atomic mass is 10.1. The van der Waals surface area contributed by atoms with Crippen molar-refractivity contribution in [3.8, 4) is 16.9 Å². The van der Waals surface area contributed by atoms with Gasteiger partial charge in [-0.2, -0.15) is 9.40 Å². The number of aromatic nitrogens is 2. The van der Waals surface area contributed by atoms with Crippen LogP contribution in [0.1, 0.15) is 57.4 Å². The number of thiocarbonyl (C=S) groups is 1. The number of para-hydroxylation sites is 1. The highest BCUT2D eigenvalue weighted by molar-refractivity contribution is 8.26. The van der Waals surface area contributed by atoms with Gasteiger partial charge in [0, 0.05) is 37.0 Å². The van der Waals surface area contributed by atoms with E-state index in [-0.39, 0.29) is 10.8 Å². The van der Waals surface area contributed by atoms with Gasteiger partial charge in [0.15, 0.2) is 0 Å². The number of unbranched alkanes of at least 4 members (excludes halogenated alkanes) is 3. The predicted octanol–water partition coefficient (Wildman–Crippen LogP) is 6.50. The Kier molecular flexibility index (Phi) is 9.20. The largest absolute Gasteiger partial charge is 0.293 e. The molecule has 0 spiro atoms. The highest BCUT2D eigenvalue weighted by Gasteiger charge is 2.32. The molecule has 2 aliphatic rings. The first kappa shape index (κ1) is 28.7. The highest BCUT2D eigenvalue weighted by atomic mass is 32.2. The van der Waals surface area contributed by atoms with Crippen molar-refractivity contribution in [2.24, 2.45) is 0 Å². The van der Waals surface area contributed by atoms with Crippen LogP contribution in [-0.2, 0) is 14.8 Å². The molecule has 0 saturated carbocycles. The number of amides is 1.